The van der Waals surface area contributed by atoms with E-state index in [1.165, 1.54) is 28.9 Å². The van der Waals surface area contributed by atoms with Crippen LogP contribution in [0.5, 0.6) is 0 Å². The van der Waals surface area contributed by atoms with Gasteiger partial charge in [0, 0.05) is 10.9 Å². The normalized spacial score (nSPS) is 25.6. The Morgan fingerprint density at radius 2 is 2.05 bits per heavy atom. The number of carbonyl (C=O) groups is 1. The van der Waals surface area contributed by atoms with E-state index in [0.717, 1.165) is 12.3 Å². The molecule has 1 aromatic rings. The predicted octanol–water partition coefficient (Wildman–Crippen LogP) is 4.34. The van der Waals surface area contributed by atoms with Gasteiger partial charge in [-0.2, -0.15) is 0 Å². The van der Waals surface area contributed by atoms with Gasteiger partial charge in [0.1, 0.15) is 0 Å². The molecule has 1 aromatic carbocycles. The van der Waals surface area contributed by atoms with Gasteiger partial charge in [0.2, 0.25) is 5.91 Å². The van der Waals surface area contributed by atoms with E-state index in [-0.39, 0.29) is 5.91 Å². The fourth-order valence-electron chi connectivity index (χ4n) is 3.14. The number of benzene rings is 1. The summed E-state index contributed by atoms with van der Waals surface area (Å²) in [6, 6.07) is 6.76. The summed E-state index contributed by atoms with van der Waals surface area (Å²) in [4.78, 5) is 13.4. The third-order valence-electron chi connectivity index (χ3n) is 4.74. The zero-order chi connectivity index (χ0) is 15.4. The third-order valence-corrected chi connectivity index (χ3v) is 5.92. The van der Waals surface area contributed by atoms with Crippen molar-refractivity contribution < 1.29 is 4.79 Å². The van der Waals surface area contributed by atoms with Crippen LogP contribution in [0.15, 0.2) is 23.1 Å². The van der Waals surface area contributed by atoms with Crippen molar-refractivity contribution in [2.75, 3.05) is 5.75 Å². The van der Waals surface area contributed by atoms with Crippen molar-refractivity contribution >= 4 is 17.7 Å². The molecule has 0 spiro atoms. The van der Waals surface area contributed by atoms with Crippen LogP contribution in [0.25, 0.3) is 0 Å². The summed E-state index contributed by atoms with van der Waals surface area (Å²) in [7, 11) is 0. The smallest absolute Gasteiger partial charge is 0.230 e. The SMILES string of the molecule is Cc1ccc(SCC(=O)N[C@H]2CCC[C@@H](C)[C@H]2C)c(C)c1. The summed E-state index contributed by atoms with van der Waals surface area (Å²) >= 11 is 1.64. The van der Waals surface area contributed by atoms with E-state index in [4.69, 9.17) is 0 Å². The molecule has 3 atom stereocenters. The van der Waals surface area contributed by atoms with Gasteiger partial charge >= 0.3 is 0 Å². The number of aryl methyl sites for hydroxylation is 2. The molecule has 2 rings (SSSR count). The Labute approximate surface area is 133 Å². The number of hydrogen-bond acceptors (Lipinski definition) is 2. The van der Waals surface area contributed by atoms with E-state index in [2.05, 4.69) is 51.2 Å². The molecule has 3 heteroatoms. The Bertz CT molecular complexity index is 500. The van der Waals surface area contributed by atoms with Crippen LogP contribution in [0, 0.1) is 25.7 Å². The van der Waals surface area contributed by atoms with E-state index < -0.39 is 0 Å². The molecule has 1 aliphatic rings. The van der Waals surface area contributed by atoms with Gasteiger partial charge in [0.15, 0.2) is 0 Å². The van der Waals surface area contributed by atoms with Crippen molar-refractivity contribution in [3.63, 3.8) is 0 Å². The van der Waals surface area contributed by atoms with Gasteiger partial charge in [-0.1, -0.05) is 44.4 Å². The minimum atomic E-state index is 0.172. The molecule has 0 radical (unpaired) electrons. The fraction of sp³-hybridized carbons (Fsp3) is 0.611. The number of hydrogen-bond donors (Lipinski definition) is 1. The highest BCUT2D eigenvalue weighted by atomic mass is 32.2. The number of amides is 1. The van der Waals surface area contributed by atoms with E-state index in [0.29, 0.717) is 17.7 Å². The van der Waals surface area contributed by atoms with E-state index in [1.807, 2.05) is 0 Å². The van der Waals surface area contributed by atoms with Gasteiger partial charge < -0.3 is 5.32 Å². The summed E-state index contributed by atoms with van der Waals surface area (Å²) in [6.45, 7) is 8.78. The quantitative estimate of drug-likeness (QED) is 0.839. The van der Waals surface area contributed by atoms with E-state index >= 15 is 0 Å². The third kappa shape index (κ3) is 4.50. The highest BCUT2D eigenvalue weighted by Crippen LogP contribution is 2.29. The van der Waals surface area contributed by atoms with Crippen LogP contribution in [-0.2, 0) is 4.79 Å². The first-order valence-electron chi connectivity index (χ1n) is 7.97. The maximum absolute atomic E-state index is 12.2. The molecule has 2 nitrogen and oxygen atoms in total. The minimum Gasteiger partial charge on any atom is -0.352 e. The first-order valence-corrected chi connectivity index (χ1v) is 8.95. The Morgan fingerprint density at radius 1 is 1.29 bits per heavy atom. The number of rotatable bonds is 4. The van der Waals surface area contributed by atoms with Gasteiger partial charge in [-0.3, -0.25) is 4.79 Å². The van der Waals surface area contributed by atoms with Crippen molar-refractivity contribution in [3.05, 3.63) is 29.3 Å². The fourth-order valence-corrected chi connectivity index (χ4v) is 3.96. The van der Waals surface area contributed by atoms with Crippen LogP contribution in [0.3, 0.4) is 0 Å². The molecule has 0 heterocycles. The van der Waals surface area contributed by atoms with Crippen LogP contribution in [-0.4, -0.2) is 17.7 Å². The lowest BCUT2D eigenvalue weighted by molar-refractivity contribution is -0.119. The van der Waals surface area contributed by atoms with Crippen molar-refractivity contribution in [1.29, 1.82) is 0 Å². The molecule has 0 unspecified atom stereocenters. The van der Waals surface area contributed by atoms with E-state index in [1.54, 1.807) is 11.8 Å². The van der Waals surface area contributed by atoms with Crippen molar-refractivity contribution in [1.82, 2.24) is 5.32 Å². The van der Waals surface area contributed by atoms with E-state index in [9.17, 15) is 4.79 Å². The second kappa shape index (κ2) is 7.35. The monoisotopic (exact) mass is 305 g/mol. The Morgan fingerprint density at radius 3 is 2.76 bits per heavy atom. The van der Waals surface area contributed by atoms with Crippen LogP contribution in [0.2, 0.25) is 0 Å². The topological polar surface area (TPSA) is 29.1 Å². The molecule has 1 amide bonds. The molecule has 0 aromatic heterocycles. The molecular formula is C18H27NOS. The van der Waals surface area contributed by atoms with Gasteiger partial charge in [-0.25, -0.2) is 0 Å². The lowest BCUT2D eigenvalue weighted by Gasteiger charge is -2.34. The van der Waals surface area contributed by atoms with Crippen molar-refractivity contribution in [2.45, 2.75) is 57.9 Å². The lowest BCUT2D eigenvalue weighted by atomic mass is 9.78. The highest BCUT2D eigenvalue weighted by molar-refractivity contribution is 8.00. The minimum absolute atomic E-state index is 0.172. The number of thioether (sulfide) groups is 1. The Kier molecular flexibility index (Phi) is 5.74. The second-order valence-corrected chi connectivity index (χ2v) is 7.52. The van der Waals surface area contributed by atoms with Crippen LogP contribution in [0.4, 0.5) is 0 Å². The van der Waals surface area contributed by atoms with Gasteiger partial charge in [0.05, 0.1) is 5.75 Å². The van der Waals surface area contributed by atoms with Crippen LogP contribution in [0.1, 0.15) is 44.2 Å². The average Bonchev–Trinajstić information content (AvgIpc) is 2.43. The summed E-state index contributed by atoms with van der Waals surface area (Å²) in [5, 5.41) is 3.24. The number of nitrogens with one attached hydrogen (secondary N) is 1. The number of carbonyl (C=O) groups excluding carboxylic acids is 1. The zero-order valence-corrected chi connectivity index (χ0v) is 14.4. The molecular weight excluding hydrogens is 278 g/mol. The molecule has 116 valence electrons. The molecule has 1 fully saturated rings. The van der Waals surface area contributed by atoms with Crippen molar-refractivity contribution in [2.24, 2.45) is 11.8 Å². The van der Waals surface area contributed by atoms with Crippen molar-refractivity contribution in [3.8, 4) is 0 Å². The summed E-state index contributed by atoms with van der Waals surface area (Å²) in [5.41, 5.74) is 2.53. The van der Waals surface area contributed by atoms with Gasteiger partial charge in [-0.05, 0) is 43.7 Å². The zero-order valence-electron chi connectivity index (χ0n) is 13.6. The lowest BCUT2D eigenvalue weighted by Crippen LogP contribution is -2.44. The summed E-state index contributed by atoms with van der Waals surface area (Å²) in [5.74, 6) is 2.00. The summed E-state index contributed by atoms with van der Waals surface area (Å²) < 4.78 is 0. The molecule has 1 saturated carbocycles. The molecule has 0 bridgehead atoms. The molecule has 1 N–H and O–H groups in total. The second-order valence-electron chi connectivity index (χ2n) is 6.50. The highest BCUT2D eigenvalue weighted by Gasteiger charge is 2.27. The van der Waals surface area contributed by atoms with Gasteiger partial charge in [-0.15, -0.1) is 11.8 Å². The molecule has 21 heavy (non-hydrogen) atoms. The van der Waals surface area contributed by atoms with Crippen LogP contribution < -0.4 is 5.32 Å². The standard InChI is InChI=1S/C18H27NOS/c1-12-8-9-17(14(3)10-12)21-11-18(20)19-16-7-5-6-13(2)15(16)4/h8-10,13,15-16H,5-7,11H2,1-4H3,(H,19,20)/t13-,15-,16+/m1/s1. The molecule has 0 aliphatic heterocycles. The maximum atomic E-state index is 12.2. The first-order chi connectivity index (χ1) is 9.97. The van der Waals surface area contributed by atoms with Crippen LogP contribution >= 0.6 is 11.8 Å². The average molecular weight is 305 g/mol. The first kappa shape index (κ1) is 16.4. The Balaban J connectivity index is 1.84. The van der Waals surface area contributed by atoms with Gasteiger partial charge in [0.25, 0.3) is 0 Å². The Hall–Kier alpha value is -0.960. The molecule has 1 aliphatic carbocycles. The largest absolute Gasteiger partial charge is 0.352 e. The molecule has 0 saturated heterocycles. The summed E-state index contributed by atoms with van der Waals surface area (Å²) in [6.07, 6.45) is 3.66. The maximum Gasteiger partial charge on any atom is 0.230 e. The predicted molar refractivity (Wildman–Crippen MR) is 90.7 cm³/mol.